The van der Waals surface area contributed by atoms with Crippen LogP contribution in [0.5, 0.6) is 0 Å². The predicted octanol–water partition coefficient (Wildman–Crippen LogP) is 3.84. The summed E-state index contributed by atoms with van der Waals surface area (Å²) in [6, 6.07) is 6.56. The van der Waals surface area contributed by atoms with Gasteiger partial charge in [0.1, 0.15) is 11.9 Å². The van der Waals surface area contributed by atoms with Gasteiger partial charge in [0, 0.05) is 19.0 Å². The number of rotatable bonds is 10. The number of likely N-dealkylation sites (tertiary alicyclic amines) is 1. The Labute approximate surface area is 202 Å². The molecule has 0 saturated carbocycles. The summed E-state index contributed by atoms with van der Waals surface area (Å²) >= 11 is 0. The van der Waals surface area contributed by atoms with Crippen molar-refractivity contribution in [3.05, 3.63) is 30.1 Å². The molecule has 3 amide bonds. The van der Waals surface area contributed by atoms with Crippen molar-refractivity contribution in [3.63, 3.8) is 0 Å². The van der Waals surface area contributed by atoms with Crippen molar-refractivity contribution in [1.29, 1.82) is 0 Å². The lowest BCUT2D eigenvalue weighted by molar-refractivity contribution is -0.139. The average Bonchev–Trinajstić information content (AvgIpc) is 3.26. The second-order valence-electron chi connectivity index (χ2n) is 9.77. The van der Waals surface area contributed by atoms with Gasteiger partial charge < -0.3 is 20.5 Å². The smallest absolute Gasteiger partial charge is 0.243 e. The van der Waals surface area contributed by atoms with Crippen LogP contribution < -0.4 is 10.6 Å². The molecule has 0 spiro atoms. The van der Waals surface area contributed by atoms with Gasteiger partial charge in [-0.2, -0.15) is 0 Å². The Kier molecular flexibility index (Phi) is 9.07. The van der Waals surface area contributed by atoms with Gasteiger partial charge in [-0.3, -0.25) is 14.4 Å². The molecule has 0 aliphatic carbocycles. The Hall–Kier alpha value is -2.90. The zero-order chi connectivity index (χ0) is 24.7. The Morgan fingerprint density at radius 2 is 1.91 bits per heavy atom. The third-order valence-corrected chi connectivity index (χ3v) is 6.57. The molecule has 8 heteroatoms. The Morgan fingerprint density at radius 1 is 1.15 bits per heavy atom. The molecule has 1 aromatic carbocycles. The van der Waals surface area contributed by atoms with E-state index in [0.29, 0.717) is 24.7 Å². The second kappa shape index (κ2) is 12.0. The van der Waals surface area contributed by atoms with Crippen LogP contribution in [0, 0.1) is 5.92 Å². The molecule has 3 rings (SSSR count). The summed E-state index contributed by atoms with van der Waals surface area (Å²) in [7, 11) is 0. The lowest BCUT2D eigenvalue weighted by Gasteiger charge is -2.36. The third kappa shape index (κ3) is 6.81. The maximum Gasteiger partial charge on any atom is 0.243 e. The first-order chi connectivity index (χ1) is 16.3. The number of amides is 3. The van der Waals surface area contributed by atoms with Gasteiger partial charge in [-0.15, -0.1) is 0 Å². The topological polar surface area (TPSA) is 107 Å². The van der Waals surface area contributed by atoms with Crippen molar-refractivity contribution in [2.45, 2.75) is 90.8 Å². The standard InChI is InChI=1S/C26H39N5O3/c1-5-19-10-8-9-15-31(19)24(33)16-22(28-23(32)14-13-17(2)3)26(34)27-18(4)25-29-20-11-6-7-12-21(20)30-25/h6-7,11-12,17-19,22H,5,8-10,13-16H2,1-4H3,(H,27,34)(H,28,32)(H,29,30)/t18-,19+,22+/m1/s1. The maximum atomic E-state index is 13.2. The lowest BCUT2D eigenvalue weighted by Crippen LogP contribution is -2.52. The van der Waals surface area contributed by atoms with E-state index in [1.54, 1.807) is 0 Å². The molecular weight excluding hydrogens is 430 g/mol. The van der Waals surface area contributed by atoms with Crippen LogP contribution >= 0.6 is 0 Å². The molecule has 34 heavy (non-hydrogen) atoms. The third-order valence-electron chi connectivity index (χ3n) is 6.57. The number of carbonyl (C=O) groups excluding carboxylic acids is 3. The van der Waals surface area contributed by atoms with Crippen molar-refractivity contribution < 1.29 is 14.4 Å². The van der Waals surface area contributed by atoms with Gasteiger partial charge in [-0.1, -0.05) is 32.9 Å². The summed E-state index contributed by atoms with van der Waals surface area (Å²) in [4.78, 5) is 48.7. The van der Waals surface area contributed by atoms with Crippen LogP contribution in [0.25, 0.3) is 11.0 Å². The molecule has 1 fully saturated rings. The van der Waals surface area contributed by atoms with Crippen molar-refractivity contribution in [2.75, 3.05) is 6.54 Å². The zero-order valence-electron chi connectivity index (χ0n) is 20.9. The fourth-order valence-electron chi connectivity index (χ4n) is 4.50. The summed E-state index contributed by atoms with van der Waals surface area (Å²) < 4.78 is 0. The van der Waals surface area contributed by atoms with E-state index in [2.05, 4.69) is 41.4 Å². The van der Waals surface area contributed by atoms with E-state index >= 15 is 0 Å². The SMILES string of the molecule is CC[C@H]1CCCCN1C(=O)C[C@H](NC(=O)CCC(C)C)C(=O)N[C@H](C)c1nc2ccccc2[nH]1. The molecule has 0 bridgehead atoms. The highest BCUT2D eigenvalue weighted by Gasteiger charge is 2.31. The van der Waals surface area contributed by atoms with Crippen LogP contribution in [-0.2, 0) is 14.4 Å². The number of nitrogens with one attached hydrogen (secondary N) is 3. The molecule has 1 aliphatic rings. The molecule has 186 valence electrons. The van der Waals surface area contributed by atoms with Crippen LogP contribution in [-0.4, -0.2) is 51.2 Å². The molecule has 0 radical (unpaired) electrons. The van der Waals surface area contributed by atoms with E-state index in [1.165, 1.54) is 0 Å². The molecule has 0 unspecified atom stereocenters. The van der Waals surface area contributed by atoms with Crippen LogP contribution in [0.2, 0.25) is 0 Å². The molecule has 1 aromatic heterocycles. The summed E-state index contributed by atoms with van der Waals surface area (Å²) in [6.45, 7) is 8.74. The molecule has 2 heterocycles. The first-order valence-electron chi connectivity index (χ1n) is 12.6. The van der Waals surface area contributed by atoms with Gasteiger partial charge >= 0.3 is 0 Å². The lowest BCUT2D eigenvalue weighted by atomic mass is 9.98. The molecule has 8 nitrogen and oxygen atoms in total. The maximum absolute atomic E-state index is 13.2. The number of hydrogen-bond donors (Lipinski definition) is 3. The van der Waals surface area contributed by atoms with Crippen molar-refractivity contribution in [2.24, 2.45) is 5.92 Å². The number of aromatic nitrogens is 2. The first kappa shape index (κ1) is 25.7. The highest BCUT2D eigenvalue weighted by molar-refractivity contribution is 5.92. The fourth-order valence-corrected chi connectivity index (χ4v) is 4.50. The van der Waals surface area contributed by atoms with E-state index in [-0.39, 0.29) is 30.2 Å². The summed E-state index contributed by atoms with van der Waals surface area (Å²) in [6.07, 6.45) is 5.00. The number of H-pyrrole nitrogens is 1. The van der Waals surface area contributed by atoms with Gasteiger partial charge in [0.15, 0.2) is 0 Å². The van der Waals surface area contributed by atoms with Crippen LogP contribution in [0.4, 0.5) is 0 Å². The van der Waals surface area contributed by atoms with E-state index in [1.807, 2.05) is 36.1 Å². The van der Waals surface area contributed by atoms with Crippen molar-refractivity contribution in [1.82, 2.24) is 25.5 Å². The fraction of sp³-hybridized carbons (Fsp3) is 0.615. The summed E-state index contributed by atoms with van der Waals surface area (Å²) in [5, 5.41) is 5.77. The molecule has 2 aromatic rings. The van der Waals surface area contributed by atoms with Gasteiger partial charge in [0.25, 0.3) is 0 Å². The minimum absolute atomic E-state index is 0.0391. The number of nitrogens with zero attached hydrogens (tertiary/aromatic N) is 2. The number of para-hydroxylation sites is 2. The second-order valence-corrected chi connectivity index (χ2v) is 9.77. The molecule has 1 aliphatic heterocycles. The average molecular weight is 470 g/mol. The summed E-state index contributed by atoms with van der Waals surface area (Å²) in [5.74, 6) is 0.361. The van der Waals surface area contributed by atoms with Gasteiger partial charge in [0.2, 0.25) is 17.7 Å². The van der Waals surface area contributed by atoms with Gasteiger partial charge in [-0.25, -0.2) is 4.98 Å². The minimum Gasteiger partial charge on any atom is -0.345 e. The number of benzene rings is 1. The Bertz CT molecular complexity index is 953. The number of aromatic amines is 1. The van der Waals surface area contributed by atoms with Crippen molar-refractivity contribution >= 4 is 28.8 Å². The van der Waals surface area contributed by atoms with Crippen LogP contribution in [0.3, 0.4) is 0 Å². The normalized spacial score (nSPS) is 18.0. The number of carbonyl (C=O) groups is 3. The van der Waals surface area contributed by atoms with E-state index < -0.39 is 12.1 Å². The van der Waals surface area contributed by atoms with Crippen LogP contribution in [0.15, 0.2) is 24.3 Å². The van der Waals surface area contributed by atoms with E-state index in [0.717, 1.165) is 43.1 Å². The molecule has 3 N–H and O–H groups in total. The zero-order valence-corrected chi connectivity index (χ0v) is 20.9. The molecule has 1 saturated heterocycles. The van der Waals surface area contributed by atoms with Gasteiger partial charge in [0.05, 0.1) is 23.5 Å². The van der Waals surface area contributed by atoms with Gasteiger partial charge in [-0.05, 0) is 57.1 Å². The first-order valence-corrected chi connectivity index (χ1v) is 12.6. The summed E-state index contributed by atoms with van der Waals surface area (Å²) in [5.41, 5.74) is 1.71. The number of piperidine rings is 1. The predicted molar refractivity (Wildman–Crippen MR) is 133 cm³/mol. The van der Waals surface area contributed by atoms with Crippen molar-refractivity contribution in [3.8, 4) is 0 Å². The largest absolute Gasteiger partial charge is 0.345 e. The number of fused-ring (bicyclic) bond motifs is 1. The van der Waals surface area contributed by atoms with E-state index in [9.17, 15) is 14.4 Å². The Morgan fingerprint density at radius 3 is 2.62 bits per heavy atom. The number of hydrogen-bond acceptors (Lipinski definition) is 4. The highest BCUT2D eigenvalue weighted by atomic mass is 16.2. The Balaban J connectivity index is 1.70. The molecular formula is C26H39N5O3. The highest BCUT2D eigenvalue weighted by Crippen LogP contribution is 2.21. The molecule has 3 atom stereocenters. The van der Waals surface area contributed by atoms with Crippen LogP contribution in [0.1, 0.15) is 84.5 Å². The quantitative estimate of drug-likeness (QED) is 0.491. The monoisotopic (exact) mass is 469 g/mol. The minimum atomic E-state index is -0.918. The number of imidazole rings is 1. The van der Waals surface area contributed by atoms with E-state index in [4.69, 9.17) is 0 Å².